The Morgan fingerprint density at radius 1 is 1.59 bits per heavy atom. The Hall–Kier alpha value is -1.38. The van der Waals surface area contributed by atoms with Crippen molar-refractivity contribution in [1.29, 1.82) is 5.26 Å². The minimum Gasteiger partial charge on any atom is -0.324 e. The van der Waals surface area contributed by atoms with Crippen LogP contribution in [0.1, 0.15) is 18.4 Å². The van der Waals surface area contributed by atoms with Crippen LogP contribution in [0.15, 0.2) is 22.7 Å². The number of nitriles is 1. The standard InChI is InChI=1S/C12H12BrN3O/c13-9-6-8(7-14)3-4-10(9)16-12(17)11-2-1-5-15-11/h3-4,6,11,15H,1-2,5H2,(H,16,17)/t11-/m0/s1. The molecule has 0 bridgehead atoms. The largest absolute Gasteiger partial charge is 0.324 e. The molecule has 1 amide bonds. The van der Waals surface area contributed by atoms with E-state index in [1.807, 2.05) is 6.07 Å². The van der Waals surface area contributed by atoms with Crippen LogP contribution in [0.25, 0.3) is 0 Å². The molecule has 1 saturated heterocycles. The smallest absolute Gasteiger partial charge is 0.241 e. The SMILES string of the molecule is N#Cc1ccc(NC(=O)[C@@H]2CCCN2)c(Br)c1. The number of rotatable bonds is 2. The molecule has 1 aliphatic heterocycles. The first kappa shape index (κ1) is 12.1. The first-order valence-electron chi connectivity index (χ1n) is 5.44. The van der Waals surface area contributed by atoms with Crippen molar-refractivity contribution in [2.75, 3.05) is 11.9 Å². The zero-order valence-corrected chi connectivity index (χ0v) is 10.8. The highest BCUT2D eigenvalue weighted by Gasteiger charge is 2.22. The number of anilines is 1. The first-order valence-corrected chi connectivity index (χ1v) is 6.24. The molecule has 0 aromatic heterocycles. The quantitative estimate of drug-likeness (QED) is 0.877. The Morgan fingerprint density at radius 2 is 2.41 bits per heavy atom. The third-order valence-electron chi connectivity index (χ3n) is 2.73. The predicted molar refractivity (Wildman–Crippen MR) is 68.5 cm³/mol. The predicted octanol–water partition coefficient (Wildman–Crippen LogP) is 2.01. The van der Waals surface area contributed by atoms with Crippen molar-refractivity contribution in [1.82, 2.24) is 5.32 Å². The minimum absolute atomic E-state index is 0.0205. The van der Waals surface area contributed by atoms with Gasteiger partial charge in [0.1, 0.15) is 0 Å². The number of benzene rings is 1. The molecule has 0 aliphatic carbocycles. The van der Waals surface area contributed by atoms with Gasteiger partial charge >= 0.3 is 0 Å². The number of hydrogen-bond donors (Lipinski definition) is 2. The Balaban J connectivity index is 2.08. The van der Waals surface area contributed by atoms with Crippen LogP contribution in [-0.2, 0) is 4.79 Å². The van der Waals surface area contributed by atoms with Crippen LogP contribution < -0.4 is 10.6 Å². The van der Waals surface area contributed by atoms with Gasteiger partial charge in [-0.15, -0.1) is 0 Å². The molecule has 0 spiro atoms. The summed E-state index contributed by atoms with van der Waals surface area (Å²) < 4.78 is 0.725. The van der Waals surface area contributed by atoms with Gasteiger partial charge in [0, 0.05) is 4.47 Å². The minimum atomic E-state index is -0.0995. The van der Waals surface area contributed by atoms with Gasteiger partial charge < -0.3 is 10.6 Å². The van der Waals surface area contributed by atoms with Crippen molar-refractivity contribution in [3.05, 3.63) is 28.2 Å². The number of carbonyl (C=O) groups excluding carboxylic acids is 1. The summed E-state index contributed by atoms with van der Waals surface area (Å²) in [5, 5.41) is 14.7. The van der Waals surface area contributed by atoms with Gasteiger partial charge in [0.25, 0.3) is 0 Å². The monoisotopic (exact) mass is 293 g/mol. The average Bonchev–Trinajstić information content (AvgIpc) is 2.85. The van der Waals surface area contributed by atoms with Crippen LogP contribution >= 0.6 is 15.9 Å². The van der Waals surface area contributed by atoms with Gasteiger partial charge in [-0.05, 0) is 53.5 Å². The van der Waals surface area contributed by atoms with Crippen LogP contribution in [0, 0.1) is 11.3 Å². The molecular formula is C12H12BrN3O. The van der Waals surface area contributed by atoms with Gasteiger partial charge in [-0.3, -0.25) is 4.79 Å². The fourth-order valence-corrected chi connectivity index (χ4v) is 2.29. The van der Waals surface area contributed by atoms with Crippen molar-refractivity contribution in [2.45, 2.75) is 18.9 Å². The molecule has 0 saturated carbocycles. The molecule has 17 heavy (non-hydrogen) atoms. The summed E-state index contributed by atoms with van der Waals surface area (Å²) in [5.41, 5.74) is 1.26. The summed E-state index contributed by atoms with van der Waals surface area (Å²) >= 11 is 3.34. The third kappa shape index (κ3) is 2.84. The van der Waals surface area contributed by atoms with E-state index in [9.17, 15) is 4.79 Å². The Bertz CT molecular complexity index is 475. The highest BCUT2D eigenvalue weighted by Crippen LogP contribution is 2.24. The average molecular weight is 294 g/mol. The van der Waals surface area contributed by atoms with Gasteiger partial charge in [-0.1, -0.05) is 0 Å². The maximum Gasteiger partial charge on any atom is 0.241 e. The van der Waals surface area contributed by atoms with Crippen molar-refractivity contribution in [3.63, 3.8) is 0 Å². The molecule has 1 heterocycles. The molecule has 2 N–H and O–H groups in total. The van der Waals surface area contributed by atoms with E-state index in [-0.39, 0.29) is 11.9 Å². The van der Waals surface area contributed by atoms with Gasteiger partial charge in [-0.25, -0.2) is 0 Å². The summed E-state index contributed by atoms with van der Waals surface area (Å²) in [6.07, 6.45) is 1.91. The number of amides is 1. The number of nitrogens with zero attached hydrogens (tertiary/aromatic N) is 1. The Kier molecular flexibility index (Phi) is 3.77. The summed E-state index contributed by atoms with van der Waals surface area (Å²) in [6, 6.07) is 7.06. The molecule has 2 rings (SSSR count). The number of halogens is 1. The Morgan fingerprint density at radius 3 is 3.00 bits per heavy atom. The maximum absolute atomic E-state index is 11.9. The normalized spacial score (nSPS) is 18.7. The van der Waals surface area contributed by atoms with Crippen LogP contribution in [0.4, 0.5) is 5.69 Å². The number of carbonyl (C=O) groups is 1. The second kappa shape index (κ2) is 5.30. The lowest BCUT2D eigenvalue weighted by Crippen LogP contribution is -2.35. The zero-order valence-electron chi connectivity index (χ0n) is 9.16. The molecule has 4 nitrogen and oxygen atoms in total. The number of hydrogen-bond acceptors (Lipinski definition) is 3. The summed E-state index contributed by atoms with van der Waals surface area (Å²) in [4.78, 5) is 11.9. The van der Waals surface area contributed by atoms with E-state index in [4.69, 9.17) is 5.26 Å². The first-order chi connectivity index (χ1) is 8.20. The van der Waals surface area contributed by atoms with E-state index >= 15 is 0 Å². The maximum atomic E-state index is 11.9. The Labute approximate surface area is 108 Å². The second-order valence-electron chi connectivity index (χ2n) is 3.94. The van der Waals surface area contributed by atoms with Crippen molar-refractivity contribution in [3.8, 4) is 6.07 Å². The second-order valence-corrected chi connectivity index (χ2v) is 4.80. The lowest BCUT2D eigenvalue weighted by molar-refractivity contribution is -0.117. The fourth-order valence-electron chi connectivity index (χ4n) is 1.81. The van der Waals surface area contributed by atoms with E-state index in [0.717, 1.165) is 23.9 Å². The van der Waals surface area contributed by atoms with Crippen LogP contribution in [-0.4, -0.2) is 18.5 Å². The van der Waals surface area contributed by atoms with Gasteiger partial charge in [0.15, 0.2) is 0 Å². The molecule has 1 aliphatic rings. The van der Waals surface area contributed by atoms with Gasteiger partial charge in [-0.2, -0.15) is 5.26 Å². The van der Waals surface area contributed by atoms with E-state index in [1.54, 1.807) is 18.2 Å². The summed E-state index contributed by atoms with van der Waals surface area (Å²) in [6.45, 7) is 0.895. The third-order valence-corrected chi connectivity index (χ3v) is 3.39. The van der Waals surface area contributed by atoms with Crippen molar-refractivity contribution >= 4 is 27.5 Å². The van der Waals surface area contributed by atoms with Gasteiger partial charge in [0.2, 0.25) is 5.91 Å². The highest BCUT2D eigenvalue weighted by atomic mass is 79.9. The topological polar surface area (TPSA) is 64.9 Å². The van der Waals surface area contributed by atoms with E-state index < -0.39 is 0 Å². The molecule has 88 valence electrons. The van der Waals surface area contributed by atoms with Gasteiger partial charge in [0.05, 0.1) is 23.4 Å². The molecule has 1 atom stereocenters. The molecule has 0 unspecified atom stereocenters. The van der Waals surface area contributed by atoms with Crippen LogP contribution in [0.2, 0.25) is 0 Å². The molecule has 1 aromatic rings. The van der Waals surface area contributed by atoms with Crippen molar-refractivity contribution < 1.29 is 4.79 Å². The van der Waals surface area contributed by atoms with E-state index in [0.29, 0.717) is 11.3 Å². The molecule has 5 heteroatoms. The number of nitrogens with one attached hydrogen (secondary N) is 2. The van der Waals surface area contributed by atoms with E-state index in [2.05, 4.69) is 26.6 Å². The van der Waals surface area contributed by atoms with Crippen LogP contribution in [0.3, 0.4) is 0 Å². The highest BCUT2D eigenvalue weighted by molar-refractivity contribution is 9.10. The zero-order chi connectivity index (χ0) is 12.3. The molecule has 0 radical (unpaired) electrons. The summed E-state index contributed by atoms with van der Waals surface area (Å²) in [5.74, 6) is -0.0205. The molecule has 1 fully saturated rings. The summed E-state index contributed by atoms with van der Waals surface area (Å²) in [7, 11) is 0. The van der Waals surface area contributed by atoms with E-state index in [1.165, 1.54) is 0 Å². The molecular weight excluding hydrogens is 282 g/mol. The fraction of sp³-hybridized carbons (Fsp3) is 0.333. The lowest BCUT2D eigenvalue weighted by Gasteiger charge is -2.12. The molecule has 1 aromatic carbocycles. The lowest BCUT2D eigenvalue weighted by atomic mass is 10.2. The van der Waals surface area contributed by atoms with Crippen LogP contribution in [0.5, 0.6) is 0 Å². The van der Waals surface area contributed by atoms with Crippen molar-refractivity contribution in [2.24, 2.45) is 0 Å².